The van der Waals surface area contributed by atoms with Crippen molar-refractivity contribution >= 4 is 11.5 Å². The monoisotopic (exact) mass is 723 g/mol. The van der Waals surface area contributed by atoms with Crippen molar-refractivity contribution in [1.29, 1.82) is 0 Å². The van der Waals surface area contributed by atoms with Crippen molar-refractivity contribution in [3.63, 3.8) is 0 Å². The van der Waals surface area contributed by atoms with E-state index in [-0.39, 0.29) is 17.9 Å². The molecule has 1 aromatic heterocycles. The third-order valence-corrected chi connectivity index (χ3v) is 10.8. The van der Waals surface area contributed by atoms with Gasteiger partial charge in [0, 0.05) is 39.8 Å². The first-order chi connectivity index (χ1) is 27.6. The fraction of sp³-hybridized carbons (Fsp3) is 0.118. The van der Waals surface area contributed by atoms with Gasteiger partial charge in [-0.3, -0.25) is 4.99 Å². The van der Waals surface area contributed by atoms with Gasteiger partial charge in [-0.1, -0.05) is 177 Å². The van der Waals surface area contributed by atoms with E-state index >= 15 is 0 Å². The third kappa shape index (κ3) is 7.19. The molecule has 7 aromatic rings. The number of nitrogens with zero attached hydrogens (tertiary/aromatic N) is 5. The third-order valence-electron chi connectivity index (χ3n) is 10.8. The van der Waals surface area contributed by atoms with Crippen LogP contribution < -0.4 is 0 Å². The topological polar surface area (TPSA) is 63.4 Å². The molecule has 0 N–H and O–H groups in total. The highest BCUT2D eigenvalue weighted by Gasteiger charge is 2.32. The Labute approximate surface area is 328 Å². The van der Waals surface area contributed by atoms with E-state index in [1.807, 2.05) is 36.4 Å². The average molecular weight is 724 g/mol. The first kappa shape index (κ1) is 34.9. The van der Waals surface area contributed by atoms with Gasteiger partial charge in [-0.15, -0.1) is 0 Å². The van der Waals surface area contributed by atoms with Crippen LogP contribution in [0.1, 0.15) is 36.1 Å². The minimum atomic E-state index is -0.0156. The van der Waals surface area contributed by atoms with Crippen molar-refractivity contribution in [1.82, 2.24) is 15.0 Å². The van der Waals surface area contributed by atoms with Gasteiger partial charge < -0.3 is 0 Å². The largest absolute Gasteiger partial charge is 0.257 e. The molecule has 5 nitrogen and oxygen atoms in total. The Morgan fingerprint density at radius 1 is 0.500 bits per heavy atom. The minimum absolute atomic E-state index is 0.0156. The Morgan fingerprint density at radius 2 is 1.05 bits per heavy atom. The Kier molecular flexibility index (Phi) is 9.65. The van der Waals surface area contributed by atoms with Gasteiger partial charge in [0.1, 0.15) is 0 Å². The van der Waals surface area contributed by atoms with E-state index in [2.05, 4.69) is 159 Å². The second-order valence-electron chi connectivity index (χ2n) is 14.5. The first-order valence-electron chi connectivity index (χ1n) is 19.3. The molecule has 3 atom stereocenters. The molecule has 3 unspecified atom stereocenters. The van der Waals surface area contributed by atoms with Crippen LogP contribution in [-0.4, -0.2) is 26.5 Å². The van der Waals surface area contributed by atoms with Gasteiger partial charge in [0.2, 0.25) is 0 Å². The maximum atomic E-state index is 5.33. The molecule has 5 heteroatoms. The van der Waals surface area contributed by atoms with Gasteiger partial charge >= 0.3 is 0 Å². The first-order valence-corrected chi connectivity index (χ1v) is 19.3. The molecule has 6 aromatic carbocycles. The molecule has 0 bridgehead atoms. The number of amidine groups is 1. The second-order valence-corrected chi connectivity index (χ2v) is 14.5. The summed E-state index contributed by atoms with van der Waals surface area (Å²) in [6.45, 7) is 4.42. The molecule has 56 heavy (non-hydrogen) atoms. The minimum Gasteiger partial charge on any atom is -0.257 e. The van der Waals surface area contributed by atoms with Gasteiger partial charge in [-0.25, -0.2) is 19.9 Å². The lowest BCUT2D eigenvalue weighted by Gasteiger charge is -2.31. The van der Waals surface area contributed by atoms with Crippen LogP contribution in [0.15, 0.2) is 192 Å². The van der Waals surface area contributed by atoms with Crippen molar-refractivity contribution in [3.8, 4) is 56.4 Å². The molecule has 1 aliphatic carbocycles. The highest BCUT2D eigenvalue weighted by Crippen LogP contribution is 2.37. The molecule has 2 heterocycles. The molecule has 2 aliphatic rings. The molecule has 0 spiro atoms. The number of hydrogen-bond donors (Lipinski definition) is 0. The Bertz CT molecular complexity index is 2620. The second kappa shape index (κ2) is 15.5. The molecule has 0 saturated heterocycles. The number of aromatic nitrogens is 3. The molecular weight excluding hydrogens is 683 g/mol. The van der Waals surface area contributed by atoms with E-state index in [0.717, 1.165) is 56.8 Å². The van der Waals surface area contributed by atoms with Crippen LogP contribution in [0.25, 0.3) is 56.4 Å². The van der Waals surface area contributed by atoms with E-state index in [1.165, 1.54) is 16.8 Å². The van der Waals surface area contributed by atoms with E-state index in [1.54, 1.807) is 0 Å². The number of aryl methyl sites for hydroxylation is 1. The van der Waals surface area contributed by atoms with Crippen molar-refractivity contribution < 1.29 is 0 Å². The maximum absolute atomic E-state index is 5.33. The highest BCUT2D eigenvalue weighted by molar-refractivity contribution is 6.11. The molecule has 0 radical (unpaired) electrons. The van der Waals surface area contributed by atoms with E-state index in [0.29, 0.717) is 17.5 Å². The zero-order chi connectivity index (χ0) is 37.8. The van der Waals surface area contributed by atoms with Crippen LogP contribution in [0.3, 0.4) is 0 Å². The van der Waals surface area contributed by atoms with Crippen LogP contribution in [0.2, 0.25) is 0 Å². The van der Waals surface area contributed by atoms with Gasteiger partial charge in [-0.05, 0) is 58.9 Å². The van der Waals surface area contributed by atoms with Crippen LogP contribution in [0, 0.1) is 18.8 Å². The summed E-state index contributed by atoms with van der Waals surface area (Å²) < 4.78 is 0. The molecule has 0 saturated carbocycles. The van der Waals surface area contributed by atoms with Gasteiger partial charge in [0.15, 0.2) is 23.3 Å². The van der Waals surface area contributed by atoms with Crippen LogP contribution in [0.5, 0.6) is 0 Å². The SMILES string of the molecule is Cc1ccc(-c2nc(-c3ccccc3)nc(-c3ccc(-c4ccccc4)cc3)n2)cc1-c1cccc(C2=NC(c3ccccc3)C(C)C(C3C=CC=CC3)=N2)c1. The molecule has 270 valence electrons. The average Bonchev–Trinajstić information content (AvgIpc) is 3.28. The van der Waals surface area contributed by atoms with E-state index in [9.17, 15) is 0 Å². The zero-order valence-corrected chi connectivity index (χ0v) is 31.5. The highest BCUT2D eigenvalue weighted by atomic mass is 15.0. The van der Waals surface area contributed by atoms with Crippen LogP contribution >= 0.6 is 0 Å². The molecular formula is C51H41N5. The summed E-state index contributed by atoms with van der Waals surface area (Å²) in [5.74, 6) is 3.10. The summed E-state index contributed by atoms with van der Waals surface area (Å²) in [4.78, 5) is 25.8. The predicted molar refractivity (Wildman–Crippen MR) is 230 cm³/mol. The summed E-state index contributed by atoms with van der Waals surface area (Å²) >= 11 is 0. The molecule has 0 amide bonds. The summed E-state index contributed by atoms with van der Waals surface area (Å²) in [7, 11) is 0. The van der Waals surface area contributed by atoms with Crippen molar-refractivity contribution in [2.45, 2.75) is 26.3 Å². The smallest absolute Gasteiger partial charge is 0.164 e. The summed E-state index contributed by atoms with van der Waals surface area (Å²) in [5, 5.41) is 0. The standard InChI is InChI=1S/C51H41N5/c1-34-26-27-44(51-55-48(40-22-13-6-14-23-40)54-49(56-51)41-30-28-37(29-31-41)36-16-7-3-8-17-36)33-45(34)42-24-15-25-43(32-42)50-52-46(38-18-9-4-10-19-38)35(2)47(53-50)39-20-11-5-12-21-39/h3-20,22-33,35,39,46H,21H2,1-2H3. The van der Waals surface area contributed by atoms with Crippen molar-refractivity contribution in [2.24, 2.45) is 21.8 Å². The Morgan fingerprint density at radius 3 is 1.73 bits per heavy atom. The number of benzene rings is 6. The van der Waals surface area contributed by atoms with Crippen molar-refractivity contribution in [2.75, 3.05) is 0 Å². The van der Waals surface area contributed by atoms with Crippen molar-refractivity contribution in [3.05, 3.63) is 199 Å². The number of rotatable bonds is 8. The fourth-order valence-corrected chi connectivity index (χ4v) is 7.72. The van der Waals surface area contributed by atoms with E-state index < -0.39 is 0 Å². The Hall–Kier alpha value is -6.85. The normalized spacial score (nSPS) is 17.6. The lowest BCUT2D eigenvalue weighted by molar-refractivity contribution is 0.568. The molecule has 0 fully saturated rings. The summed E-state index contributed by atoms with van der Waals surface area (Å²) in [6, 6.07) is 54.7. The lowest BCUT2D eigenvalue weighted by atomic mass is 9.81. The predicted octanol–water partition coefficient (Wildman–Crippen LogP) is 12.2. The van der Waals surface area contributed by atoms with Crippen LogP contribution in [0.4, 0.5) is 0 Å². The number of allylic oxidation sites excluding steroid dienone is 4. The molecule has 9 rings (SSSR count). The summed E-state index contributed by atoms with van der Waals surface area (Å²) in [5.41, 5.74) is 11.8. The molecule has 1 aliphatic heterocycles. The lowest BCUT2D eigenvalue weighted by Crippen LogP contribution is -2.30. The maximum Gasteiger partial charge on any atom is 0.164 e. The van der Waals surface area contributed by atoms with E-state index in [4.69, 9.17) is 24.9 Å². The van der Waals surface area contributed by atoms with Gasteiger partial charge in [0.05, 0.1) is 6.04 Å². The number of aliphatic imine (C=N–C) groups is 2. The number of hydrogen-bond acceptors (Lipinski definition) is 5. The quantitative estimate of drug-likeness (QED) is 0.157. The zero-order valence-electron chi connectivity index (χ0n) is 31.5. The van der Waals surface area contributed by atoms with Gasteiger partial charge in [-0.2, -0.15) is 0 Å². The summed E-state index contributed by atoms with van der Waals surface area (Å²) in [6.07, 6.45) is 9.73. The Balaban J connectivity index is 1.10. The fourth-order valence-electron chi connectivity index (χ4n) is 7.72. The van der Waals surface area contributed by atoms with Crippen LogP contribution in [-0.2, 0) is 0 Å². The van der Waals surface area contributed by atoms with Gasteiger partial charge in [0.25, 0.3) is 0 Å².